The molecule has 1 saturated heterocycles. The molecule has 1 saturated carbocycles. The van der Waals surface area contributed by atoms with Crippen molar-refractivity contribution in [1.82, 2.24) is 15.1 Å². The SMILES string of the molecule is Cc1ccc(CCN(C(=O)C2=C(c3ccc(CCCOc4cc(F)ccc4Br)cc3)C[C@@H]3CN(C(=O)CCCC(N)=O)C[C@H]2N3)C2CC2)cc1. The van der Waals surface area contributed by atoms with E-state index in [1.165, 1.54) is 23.3 Å². The number of primary amides is 1. The van der Waals surface area contributed by atoms with Gasteiger partial charge in [-0.3, -0.25) is 14.4 Å². The van der Waals surface area contributed by atoms with Gasteiger partial charge in [-0.25, -0.2) is 4.39 Å². The van der Waals surface area contributed by atoms with E-state index in [-0.39, 0.29) is 48.6 Å². The Morgan fingerprint density at radius 3 is 2.40 bits per heavy atom. The van der Waals surface area contributed by atoms with Gasteiger partial charge in [0.15, 0.2) is 0 Å². The zero-order chi connectivity index (χ0) is 35.2. The van der Waals surface area contributed by atoms with Gasteiger partial charge in [0.1, 0.15) is 11.6 Å². The molecule has 1 aliphatic carbocycles. The number of hydrogen-bond donors (Lipinski definition) is 2. The van der Waals surface area contributed by atoms with E-state index in [1.807, 2.05) is 4.90 Å². The van der Waals surface area contributed by atoms with E-state index in [0.29, 0.717) is 44.8 Å². The molecule has 10 heteroatoms. The molecule has 8 nitrogen and oxygen atoms in total. The van der Waals surface area contributed by atoms with Crippen LogP contribution < -0.4 is 15.8 Å². The monoisotopic (exact) mass is 744 g/mol. The quantitative estimate of drug-likeness (QED) is 0.183. The van der Waals surface area contributed by atoms with Crippen LogP contribution in [-0.2, 0) is 27.2 Å². The summed E-state index contributed by atoms with van der Waals surface area (Å²) < 4.78 is 20.2. The Hall–Kier alpha value is -4.02. The molecule has 3 aromatic carbocycles. The number of ether oxygens (including phenoxy) is 1. The van der Waals surface area contributed by atoms with Gasteiger partial charge in [-0.05, 0) is 102 Å². The molecule has 2 aliphatic heterocycles. The van der Waals surface area contributed by atoms with Gasteiger partial charge in [0, 0.05) is 56.2 Å². The molecular formula is C40H46BrFN4O4. The van der Waals surface area contributed by atoms with E-state index in [0.717, 1.165) is 58.8 Å². The van der Waals surface area contributed by atoms with Crippen molar-refractivity contribution in [2.45, 2.75) is 82.8 Å². The van der Waals surface area contributed by atoms with Crippen molar-refractivity contribution >= 4 is 39.2 Å². The van der Waals surface area contributed by atoms with Crippen LogP contribution >= 0.6 is 15.9 Å². The van der Waals surface area contributed by atoms with E-state index in [1.54, 1.807) is 6.07 Å². The van der Waals surface area contributed by atoms with Gasteiger partial charge in [-0.1, -0.05) is 54.1 Å². The van der Waals surface area contributed by atoms with Crippen molar-refractivity contribution in [3.8, 4) is 5.75 Å². The Labute approximate surface area is 302 Å². The van der Waals surface area contributed by atoms with Crippen LogP contribution in [0.3, 0.4) is 0 Å². The fourth-order valence-electron chi connectivity index (χ4n) is 7.06. The third kappa shape index (κ3) is 9.20. The summed E-state index contributed by atoms with van der Waals surface area (Å²) in [6, 6.07) is 21.3. The zero-order valence-electron chi connectivity index (χ0n) is 28.6. The second-order valence-corrected chi connectivity index (χ2v) is 14.7. The zero-order valence-corrected chi connectivity index (χ0v) is 30.2. The van der Waals surface area contributed by atoms with Gasteiger partial charge in [0.05, 0.1) is 17.1 Å². The van der Waals surface area contributed by atoms with Gasteiger partial charge in [0.25, 0.3) is 5.91 Å². The normalized spacial score (nSPS) is 18.6. The molecule has 0 aromatic heterocycles. The van der Waals surface area contributed by atoms with E-state index in [2.05, 4.69) is 81.6 Å². The standard InChI is InChI=1S/C40H46BrFN4O4/c1-26-7-9-28(10-8-26)19-20-46(32-16-17-32)40(49)39-33(23-31-24-45(25-35(39)44-31)38(48)6-2-5-37(43)47)29-13-11-27(12-14-29)4-3-21-50-36-22-30(42)15-18-34(36)41/h7-15,18,22,31-32,35,44H,2-6,16-17,19-21,23-25H2,1H3,(H2,43,47)/t31-,35-/m1/s1. The summed E-state index contributed by atoms with van der Waals surface area (Å²) in [5.74, 6) is -0.199. The first-order chi connectivity index (χ1) is 24.1. The maximum atomic E-state index is 14.7. The Morgan fingerprint density at radius 2 is 1.68 bits per heavy atom. The van der Waals surface area contributed by atoms with Gasteiger partial charge in [0.2, 0.25) is 11.8 Å². The lowest BCUT2D eigenvalue weighted by Gasteiger charge is -2.45. The molecule has 2 bridgehead atoms. The Balaban J connectivity index is 1.20. The third-order valence-electron chi connectivity index (χ3n) is 9.88. The Bertz CT molecular complexity index is 1720. The van der Waals surface area contributed by atoms with Crippen LogP contribution in [0.1, 0.15) is 67.2 Å². The van der Waals surface area contributed by atoms with Crippen LogP contribution in [0.2, 0.25) is 0 Å². The van der Waals surface area contributed by atoms with Crippen molar-refractivity contribution in [3.63, 3.8) is 0 Å². The second-order valence-electron chi connectivity index (χ2n) is 13.8. The summed E-state index contributed by atoms with van der Waals surface area (Å²) in [6.07, 6.45) is 5.86. The lowest BCUT2D eigenvalue weighted by atomic mass is 9.82. The van der Waals surface area contributed by atoms with Crippen LogP contribution in [0.25, 0.3) is 5.57 Å². The molecule has 0 unspecified atom stereocenters. The molecule has 264 valence electrons. The summed E-state index contributed by atoms with van der Waals surface area (Å²) >= 11 is 3.41. The summed E-state index contributed by atoms with van der Waals surface area (Å²) in [5.41, 5.74) is 11.7. The largest absolute Gasteiger partial charge is 0.492 e. The lowest BCUT2D eigenvalue weighted by molar-refractivity contribution is -0.134. The molecule has 6 rings (SSSR count). The van der Waals surface area contributed by atoms with Gasteiger partial charge in [-0.15, -0.1) is 0 Å². The fraction of sp³-hybridized carbons (Fsp3) is 0.425. The number of nitrogens with two attached hydrogens (primary N) is 1. The molecule has 2 heterocycles. The number of halogens is 2. The average Bonchev–Trinajstić information content (AvgIpc) is 3.94. The number of rotatable bonds is 15. The molecule has 2 atom stereocenters. The van der Waals surface area contributed by atoms with Gasteiger partial charge in [-0.2, -0.15) is 0 Å². The van der Waals surface area contributed by atoms with Crippen LogP contribution in [-0.4, -0.2) is 71.9 Å². The average molecular weight is 746 g/mol. The Morgan fingerprint density at radius 1 is 0.960 bits per heavy atom. The van der Waals surface area contributed by atoms with Crippen molar-refractivity contribution in [2.75, 3.05) is 26.2 Å². The number of carbonyl (C=O) groups is 3. The molecule has 3 amide bonds. The van der Waals surface area contributed by atoms with E-state index in [9.17, 15) is 18.8 Å². The minimum absolute atomic E-state index is 0.00508. The summed E-state index contributed by atoms with van der Waals surface area (Å²) in [7, 11) is 0. The number of carbonyl (C=O) groups excluding carboxylic acids is 3. The van der Waals surface area contributed by atoms with E-state index in [4.69, 9.17) is 10.5 Å². The minimum Gasteiger partial charge on any atom is -0.492 e. The maximum Gasteiger partial charge on any atom is 0.252 e. The number of aryl methyl sites for hydroxylation is 2. The molecule has 0 radical (unpaired) electrons. The molecule has 50 heavy (non-hydrogen) atoms. The van der Waals surface area contributed by atoms with Gasteiger partial charge >= 0.3 is 0 Å². The first-order valence-corrected chi connectivity index (χ1v) is 18.5. The Kier molecular flexibility index (Phi) is 11.7. The van der Waals surface area contributed by atoms with Crippen molar-refractivity contribution in [2.24, 2.45) is 5.73 Å². The number of fused-ring (bicyclic) bond motifs is 2. The highest BCUT2D eigenvalue weighted by Crippen LogP contribution is 2.37. The molecule has 3 N–H and O–H groups in total. The predicted octanol–water partition coefficient (Wildman–Crippen LogP) is 6.12. The van der Waals surface area contributed by atoms with Crippen molar-refractivity contribution < 1.29 is 23.5 Å². The molecule has 0 spiro atoms. The number of benzene rings is 3. The van der Waals surface area contributed by atoms with Gasteiger partial charge < -0.3 is 25.6 Å². The van der Waals surface area contributed by atoms with E-state index < -0.39 is 5.91 Å². The lowest BCUT2D eigenvalue weighted by Crippen LogP contribution is -2.62. The fourth-order valence-corrected chi connectivity index (χ4v) is 7.42. The number of nitrogens with one attached hydrogen (secondary N) is 1. The minimum atomic E-state index is -0.405. The number of piperazine rings is 1. The van der Waals surface area contributed by atoms with Crippen LogP contribution in [0.4, 0.5) is 4.39 Å². The summed E-state index contributed by atoms with van der Waals surface area (Å²) in [5, 5.41) is 3.69. The predicted molar refractivity (Wildman–Crippen MR) is 196 cm³/mol. The molecule has 2 fully saturated rings. The first-order valence-electron chi connectivity index (χ1n) is 17.7. The number of nitrogens with zero attached hydrogens (tertiary/aromatic N) is 2. The summed E-state index contributed by atoms with van der Waals surface area (Å²) in [4.78, 5) is 43.1. The third-order valence-corrected chi connectivity index (χ3v) is 10.5. The molecule has 3 aliphatic rings. The number of hydrogen-bond acceptors (Lipinski definition) is 5. The molecular weight excluding hydrogens is 699 g/mol. The number of amides is 3. The van der Waals surface area contributed by atoms with Crippen LogP contribution in [0, 0.1) is 12.7 Å². The highest BCUT2D eigenvalue weighted by atomic mass is 79.9. The first kappa shape index (κ1) is 35.8. The smallest absolute Gasteiger partial charge is 0.252 e. The topological polar surface area (TPSA) is 105 Å². The van der Waals surface area contributed by atoms with Crippen LogP contribution in [0.15, 0.2) is 76.8 Å². The van der Waals surface area contributed by atoms with Crippen molar-refractivity contribution in [1.29, 1.82) is 0 Å². The van der Waals surface area contributed by atoms with E-state index >= 15 is 0 Å². The highest BCUT2D eigenvalue weighted by molar-refractivity contribution is 9.10. The van der Waals surface area contributed by atoms with Crippen LogP contribution in [0.5, 0.6) is 5.75 Å². The summed E-state index contributed by atoms with van der Waals surface area (Å²) in [6.45, 7) is 4.14. The highest BCUT2D eigenvalue weighted by Gasteiger charge is 2.43. The second kappa shape index (κ2) is 16.3. The maximum absolute atomic E-state index is 14.7. The van der Waals surface area contributed by atoms with Crippen molar-refractivity contribution in [3.05, 3.63) is 105 Å². The molecule has 3 aromatic rings.